The molecule has 0 saturated carbocycles. The van der Waals surface area contributed by atoms with Crippen LogP contribution in [0.5, 0.6) is 0 Å². The molecule has 0 amide bonds. The zero-order valence-corrected chi connectivity index (χ0v) is 9.52. The largest absolute Gasteiger partial charge is 0.374 e. The molecule has 1 aromatic carbocycles. The monoisotopic (exact) mass is 224 g/mol. The molecule has 3 heteroatoms. The van der Waals surface area contributed by atoms with E-state index in [0.717, 1.165) is 19.4 Å². The van der Waals surface area contributed by atoms with E-state index in [1.807, 2.05) is 6.07 Å². The summed E-state index contributed by atoms with van der Waals surface area (Å²) in [6.07, 6.45) is 3.22. The highest BCUT2D eigenvalue weighted by atomic mass is 35.5. The maximum atomic E-state index is 7.57. The molecule has 0 radical (unpaired) electrons. The van der Waals surface area contributed by atoms with Gasteiger partial charge in [0.25, 0.3) is 0 Å². The second kappa shape index (κ2) is 5.76. The van der Waals surface area contributed by atoms with Crippen molar-refractivity contribution in [2.45, 2.75) is 19.3 Å². The molecular weight excluding hydrogens is 208 g/mol. The van der Waals surface area contributed by atoms with Gasteiger partial charge in [-0.05, 0) is 24.3 Å². The first kappa shape index (κ1) is 12.1. The Balaban J connectivity index is 0.00000112. The highest BCUT2D eigenvalue weighted by molar-refractivity contribution is 5.85. The average Bonchev–Trinajstić information content (AvgIpc) is 2.19. The summed E-state index contributed by atoms with van der Waals surface area (Å²) in [7, 11) is 0. The molecule has 15 heavy (non-hydrogen) atoms. The average molecular weight is 225 g/mol. The van der Waals surface area contributed by atoms with Crippen LogP contribution in [0.3, 0.4) is 0 Å². The van der Waals surface area contributed by atoms with Crippen LogP contribution < -0.4 is 5.32 Å². The van der Waals surface area contributed by atoms with E-state index in [-0.39, 0.29) is 12.4 Å². The van der Waals surface area contributed by atoms with E-state index in [1.165, 1.54) is 12.0 Å². The fraction of sp³-hybridized carbons (Fsp3) is 0.417. The normalized spacial score (nSPS) is 20.3. The van der Waals surface area contributed by atoms with Crippen LogP contribution in [0.25, 0.3) is 0 Å². The van der Waals surface area contributed by atoms with E-state index < -0.39 is 0 Å². The SMILES string of the molecule is Cl.N=C1CC(Cc2ccccc2)CCN1. The molecule has 0 aromatic heterocycles. The molecule has 1 aliphatic rings. The molecule has 2 nitrogen and oxygen atoms in total. The Bertz CT molecular complexity index is 311. The van der Waals surface area contributed by atoms with Gasteiger partial charge < -0.3 is 5.32 Å². The van der Waals surface area contributed by atoms with Crippen molar-refractivity contribution in [2.75, 3.05) is 6.54 Å². The van der Waals surface area contributed by atoms with Gasteiger partial charge in [0.2, 0.25) is 0 Å². The number of piperidine rings is 1. The van der Waals surface area contributed by atoms with Crippen LogP contribution in [0.4, 0.5) is 0 Å². The molecular formula is C12H17ClN2. The molecule has 1 atom stereocenters. The van der Waals surface area contributed by atoms with Gasteiger partial charge in [0.15, 0.2) is 0 Å². The van der Waals surface area contributed by atoms with Crippen molar-refractivity contribution in [2.24, 2.45) is 5.92 Å². The van der Waals surface area contributed by atoms with Crippen LogP contribution >= 0.6 is 12.4 Å². The standard InChI is InChI=1S/C12H16N2.ClH/c13-12-9-11(6-7-14-12)8-10-4-2-1-3-5-10;/h1-5,11H,6-9H2,(H2,13,14);1H. The predicted octanol–water partition coefficient (Wildman–Crippen LogP) is 2.63. The highest BCUT2D eigenvalue weighted by Crippen LogP contribution is 2.18. The van der Waals surface area contributed by atoms with Crippen LogP contribution in [0, 0.1) is 11.3 Å². The van der Waals surface area contributed by atoms with Crippen LogP contribution in [0.1, 0.15) is 18.4 Å². The number of nitrogens with one attached hydrogen (secondary N) is 2. The van der Waals surface area contributed by atoms with Gasteiger partial charge in [0.05, 0.1) is 5.84 Å². The fourth-order valence-electron chi connectivity index (χ4n) is 2.01. The van der Waals surface area contributed by atoms with Crippen molar-refractivity contribution in [1.82, 2.24) is 5.32 Å². The third-order valence-electron chi connectivity index (χ3n) is 2.75. The summed E-state index contributed by atoms with van der Waals surface area (Å²) in [4.78, 5) is 0. The predicted molar refractivity (Wildman–Crippen MR) is 65.8 cm³/mol. The smallest absolute Gasteiger partial charge is 0.0934 e. The van der Waals surface area contributed by atoms with Crippen molar-refractivity contribution >= 4 is 18.2 Å². The Morgan fingerprint density at radius 3 is 2.67 bits per heavy atom. The molecule has 82 valence electrons. The summed E-state index contributed by atoms with van der Waals surface area (Å²) in [6, 6.07) is 10.6. The summed E-state index contributed by atoms with van der Waals surface area (Å²) in [6.45, 7) is 0.969. The molecule has 1 heterocycles. The van der Waals surface area contributed by atoms with Gasteiger partial charge >= 0.3 is 0 Å². The summed E-state index contributed by atoms with van der Waals surface area (Å²) >= 11 is 0. The Kier molecular flexibility index (Phi) is 4.63. The van der Waals surface area contributed by atoms with E-state index in [0.29, 0.717) is 11.8 Å². The maximum absolute atomic E-state index is 7.57. The molecule has 2 rings (SSSR count). The minimum absolute atomic E-state index is 0. The first-order valence-electron chi connectivity index (χ1n) is 5.20. The van der Waals surface area contributed by atoms with Gasteiger partial charge in [0, 0.05) is 13.0 Å². The van der Waals surface area contributed by atoms with E-state index in [1.54, 1.807) is 0 Å². The number of halogens is 1. The van der Waals surface area contributed by atoms with Gasteiger partial charge in [-0.15, -0.1) is 12.4 Å². The van der Waals surface area contributed by atoms with Gasteiger partial charge in [0.1, 0.15) is 0 Å². The van der Waals surface area contributed by atoms with Crippen molar-refractivity contribution in [3.05, 3.63) is 35.9 Å². The van der Waals surface area contributed by atoms with Gasteiger partial charge in [-0.2, -0.15) is 0 Å². The lowest BCUT2D eigenvalue weighted by atomic mass is 9.90. The second-order valence-corrected chi connectivity index (χ2v) is 3.95. The first-order chi connectivity index (χ1) is 6.84. The molecule has 1 aromatic rings. The number of hydrogen-bond acceptors (Lipinski definition) is 1. The Labute approximate surface area is 97.0 Å². The molecule has 0 spiro atoms. The zero-order chi connectivity index (χ0) is 9.80. The molecule has 2 N–H and O–H groups in total. The van der Waals surface area contributed by atoms with Crippen LogP contribution in [0.2, 0.25) is 0 Å². The summed E-state index contributed by atoms with van der Waals surface area (Å²) in [5.74, 6) is 1.36. The van der Waals surface area contributed by atoms with Crippen molar-refractivity contribution < 1.29 is 0 Å². The van der Waals surface area contributed by atoms with E-state index in [4.69, 9.17) is 5.41 Å². The molecule has 1 fully saturated rings. The van der Waals surface area contributed by atoms with Crippen LogP contribution in [-0.2, 0) is 6.42 Å². The number of hydrogen-bond donors (Lipinski definition) is 2. The summed E-state index contributed by atoms with van der Waals surface area (Å²) in [5, 5.41) is 10.7. The lowest BCUT2D eigenvalue weighted by Gasteiger charge is -2.23. The minimum atomic E-state index is 0. The van der Waals surface area contributed by atoms with Crippen LogP contribution in [-0.4, -0.2) is 12.4 Å². The Morgan fingerprint density at radius 2 is 2.00 bits per heavy atom. The Hall–Kier alpha value is -1.02. The van der Waals surface area contributed by atoms with Crippen molar-refractivity contribution in [1.29, 1.82) is 5.41 Å². The molecule has 1 saturated heterocycles. The first-order valence-corrected chi connectivity index (χ1v) is 5.20. The molecule has 1 unspecified atom stereocenters. The topological polar surface area (TPSA) is 35.9 Å². The van der Waals surface area contributed by atoms with E-state index in [9.17, 15) is 0 Å². The molecule has 0 aliphatic carbocycles. The highest BCUT2D eigenvalue weighted by Gasteiger charge is 2.16. The maximum Gasteiger partial charge on any atom is 0.0934 e. The quantitative estimate of drug-likeness (QED) is 0.796. The fourth-order valence-corrected chi connectivity index (χ4v) is 2.01. The summed E-state index contributed by atoms with van der Waals surface area (Å²) in [5.41, 5.74) is 1.40. The number of amidine groups is 1. The van der Waals surface area contributed by atoms with Crippen LogP contribution in [0.15, 0.2) is 30.3 Å². The lowest BCUT2D eigenvalue weighted by molar-refractivity contribution is 0.461. The third kappa shape index (κ3) is 3.56. The molecule has 0 bridgehead atoms. The van der Waals surface area contributed by atoms with E-state index >= 15 is 0 Å². The van der Waals surface area contributed by atoms with E-state index in [2.05, 4.69) is 29.6 Å². The van der Waals surface area contributed by atoms with Crippen molar-refractivity contribution in [3.8, 4) is 0 Å². The number of rotatable bonds is 2. The van der Waals surface area contributed by atoms with Gasteiger partial charge in [-0.25, -0.2) is 0 Å². The second-order valence-electron chi connectivity index (χ2n) is 3.95. The Morgan fingerprint density at radius 1 is 1.27 bits per heavy atom. The third-order valence-corrected chi connectivity index (χ3v) is 2.75. The lowest BCUT2D eigenvalue weighted by Crippen LogP contribution is -2.33. The molecule has 1 aliphatic heterocycles. The van der Waals surface area contributed by atoms with Gasteiger partial charge in [-0.1, -0.05) is 30.3 Å². The van der Waals surface area contributed by atoms with Gasteiger partial charge in [-0.3, -0.25) is 5.41 Å². The minimum Gasteiger partial charge on any atom is -0.374 e. The zero-order valence-electron chi connectivity index (χ0n) is 8.70. The van der Waals surface area contributed by atoms with Crippen molar-refractivity contribution in [3.63, 3.8) is 0 Å². The summed E-state index contributed by atoms with van der Waals surface area (Å²) < 4.78 is 0. The number of benzene rings is 1.